The first-order valence-corrected chi connectivity index (χ1v) is 7.91. The van der Waals surface area contributed by atoms with Crippen LogP contribution in [0, 0.1) is 0 Å². The van der Waals surface area contributed by atoms with Gasteiger partial charge in [-0.25, -0.2) is 4.79 Å². The molecule has 23 heavy (non-hydrogen) atoms. The van der Waals surface area contributed by atoms with Crippen molar-refractivity contribution in [3.05, 3.63) is 36.2 Å². The number of para-hydroxylation sites is 1. The van der Waals surface area contributed by atoms with Gasteiger partial charge in [0.15, 0.2) is 5.82 Å². The highest BCUT2D eigenvalue weighted by Gasteiger charge is 2.24. The van der Waals surface area contributed by atoms with Gasteiger partial charge in [-0.05, 0) is 49.2 Å². The molecule has 1 atom stereocenters. The molecule has 0 saturated heterocycles. The lowest BCUT2D eigenvalue weighted by atomic mass is 9.96. The van der Waals surface area contributed by atoms with E-state index in [4.69, 9.17) is 0 Å². The quantitative estimate of drug-likeness (QED) is 0.858. The molecule has 7 heteroatoms. The number of carbonyl (C=O) groups excluding carboxylic acids is 1. The zero-order chi connectivity index (χ0) is 16.9. The molecule has 0 aliphatic heterocycles. The van der Waals surface area contributed by atoms with Crippen LogP contribution < -0.4 is 10.6 Å². The van der Waals surface area contributed by atoms with Gasteiger partial charge in [0.1, 0.15) is 0 Å². The Morgan fingerprint density at radius 3 is 2.52 bits per heavy atom. The van der Waals surface area contributed by atoms with E-state index in [0.29, 0.717) is 5.82 Å². The molecule has 0 aliphatic carbocycles. The van der Waals surface area contributed by atoms with Crippen molar-refractivity contribution < 1.29 is 4.79 Å². The van der Waals surface area contributed by atoms with Gasteiger partial charge in [0, 0.05) is 5.54 Å². The van der Waals surface area contributed by atoms with E-state index in [1.54, 1.807) is 4.68 Å². The number of amides is 2. The predicted molar refractivity (Wildman–Crippen MR) is 88.2 cm³/mol. The molecule has 2 N–H and O–H groups in total. The molecular weight excluding hydrogens is 292 g/mol. The smallest absolute Gasteiger partial charge is 0.315 e. The summed E-state index contributed by atoms with van der Waals surface area (Å²) in [5.74, 6) is 0.584. The molecule has 0 aliphatic rings. The number of rotatable bonds is 6. The van der Waals surface area contributed by atoms with Crippen molar-refractivity contribution >= 4 is 6.03 Å². The number of benzene rings is 1. The lowest BCUT2D eigenvalue weighted by Crippen LogP contribution is -2.50. The van der Waals surface area contributed by atoms with Gasteiger partial charge in [-0.2, -0.15) is 4.68 Å². The van der Waals surface area contributed by atoms with Crippen LogP contribution in [0.5, 0.6) is 0 Å². The predicted octanol–water partition coefficient (Wildman–Crippen LogP) is 2.60. The van der Waals surface area contributed by atoms with Crippen molar-refractivity contribution in [2.24, 2.45) is 0 Å². The molecule has 0 unspecified atom stereocenters. The first-order valence-electron chi connectivity index (χ1n) is 7.91. The van der Waals surface area contributed by atoms with Crippen molar-refractivity contribution in [3.63, 3.8) is 0 Å². The fraction of sp³-hybridized carbons (Fsp3) is 0.500. The second-order valence-corrected chi connectivity index (χ2v) is 5.87. The average molecular weight is 316 g/mol. The second kappa shape index (κ2) is 7.21. The molecule has 0 spiro atoms. The lowest BCUT2D eigenvalue weighted by Gasteiger charge is -2.29. The summed E-state index contributed by atoms with van der Waals surface area (Å²) in [6.45, 7) is 8.01. The monoisotopic (exact) mass is 316 g/mol. The van der Waals surface area contributed by atoms with E-state index in [1.165, 1.54) is 0 Å². The molecule has 0 bridgehead atoms. The molecule has 2 amide bonds. The number of hydrogen-bond acceptors (Lipinski definition) is 4. The molecule has 1 aromatic carbocycles. The molecule has 7 nitrogen and oxygen atoms in total. The van der Waals surface area contributed by atoms with E-state index in [1.807, 2.05) is 44.2 Å². The van der Waals surface area contributed by atoms with Crippen molar-refractivity contribution in [1.82, 2.24) is 30.8 Å². The van der Waals surface area contributed by atoms with Crippen LogP contribution in [0.2, 0.25) is 0 Å². The van der Waals surface area contributed by atoms with Crippen molar-refractivity contribution in [1.29, 1.82) is 0 Å². The second-order valence-electron chi connectivity index (χ2n) is 5.87. The highest BCUT2D eigenvalue weighted by Crippen LogP contribution is 2.15. The third-order valence-corrected chi connectivity index (χ3v) is 4.21. The molecule has 2 aromatic rings. The van der Waals surface area contributed by atoms with E-state index in [9.17, 15) is 4.79 Å². The van der Waals surface area contributed by atoms with E-state index in [2.05, 4.69) is 40.0 Å². The minimum absolute atomic E-state index is 0.213. The maximum absolute atomic E-state index is 12.2. The van der Waals surface area contributed by atoms with Gasteiger partial charge in [0.05, 0.1) is 11.7 Å². The Hall–Kier alpha value is -2.44. The molecule has 0 fully saturated rings. The number of nitrogens with one attached hydrogen (secondary N) is 2. The first-order chi connectivity index (χ1) is 11.0. The number of aromatic nitrogens is 4. The number of nitrogens with zero attached hydrogens (tertiary/aromatic N) is 4. The van der Waals surface area contributed by atoms with Gasteiger partial charge >= 0.3 is 6.03 Å². The van der Waals surface area contributed by atoms with E-state index >= 15 is 0 Å². The van der Waals surface area contributed by atoms with Gasteiger partial charge in [0.2, 0.25) is 0 Å². The summed E-state index contributed by atoms with van der Waals surface area (Å²) >= 11 is 0. The van der Waals surface area contributed by atoms with Crippen LogP contribution in [-0.2, 0) is 0 Å². The normalized spacial score (nSPS) is 12.7. The van der Waals surface area contributed by atoms with E-state index in [0.717, 1.165) is 18.5 Å². The van der Waals surface area contributed by atoms with Crippen LogP contribution in [-0.4, -0.2) is 31.8 Å². The number of carbonyl (C=O) groups is 1. The van der Waals surface area contributed by atoms with Crippen molar-refractivity contribution in [3.8, 4) is 5.69 Å². The Bertz CT molecular complexity index is 635. The Morgan fingerprint density at radius 1 is 1.26 bits per heavy atom. The van der Waals surface area contributed by atoms with Gasteiger partial charge in [-0.3, -0.25) is 0 Å². The summed E-state index contributed by atoms with van der Waals surface area (Å²) in [5.41, 5.74) is 0.642. The Kier molecular flexibility index (Phi) is 5.31. The largest absolute Gasteiger partial charge is 0.333 e. The summed E-state index contributed by atoms with van der Waals surface area (Å²) in [5, 5.41) is 17.7. The van der Waals surface area contributed by atoms with Gasteiger partial charge < -0.3 is 10.6 Å². The molecule has 2 rings (SSSR count). The lowest BCUT2D eigenvalue weighted by molar-refractivity contribution is 0.221. The van der Waals surface area contributed by atoms with Crippen molar-refractivity contribution in [2.75, 3.05) is 0 Å². The van der Waals surface area contributed by atoms with Crippen LogP contribution in [0.25, 0.3) is 5.69 Å². The fourth-order valence-electron chi connectivity index (χ4n) is 2.22. The average Bonchev–Trinajstić information content (AvgIpc) is 3.05. The Balaban J connectivity index is 2.09. The van der Waals surface area contributed by atoms with Crippen LogP contribution >= 0.6 is 0 Å². The summed E-state index contributed by atoms with van der Waals surface area (Å²) in [7, 11) is 0. The maximum atomic E-state index is 12.2. The Labute approximate surface area is 136 Å². The molecule has 0 saturated carbocycles. The maximum Gasteiger partial charge on any atom is 0.315 e. The minimum Gasteiger partial charge on any atom is -0.333 e. The van der Waals surface area contributed by atoms with Crippen LogP contribution in [0.4, 0.5) is 4.79 Å². The zero-order valence-corrected chi connectivity index (χ0v) is 14.1. The van der Waals surface area contributed by atoms with Gasteiger partial charge in [0.25, 0.3) is 0 Å². The highest BCUT2D eigenvalue weighted by molar-refractivity contribution is 5.75. The van der Waals surface area contributed by atoms with Crippen LogP contribution in [0.3, 0.4) is 0 Å². The fourth-order valence-corrected chi connectivity index (χ4v) is 2.22. The first kappa shape index (κ1) is 16.9. The molecule has 124 valence electrons. The number of urea groups is 1. The van der Waals surface area contributed by atoms with Crippen LogP contribution in [0.1, 0.15) is 52.4 Å². The SMILES string of the molecule is CCC(C)(CC)NC(=O)N[C@H](C)c1nnnn1-c1ccccc1. The zero-order valence-electron chi connectivity index (χ0n) is 14.1. The third-order valence-electron chi connectivity index (χ3n) is 4.21. The summed E-state index contributed by atoms with van der Waals surface area (Å²) < 4.78 is 1.63. The van der Waals surface area contributed by atoms with E-state index < -0.39 is 0 Å². The summed E-state index contributed by atoms with van der Waals surface area (Å²) in [6, 6.07) is 9.06. The summed E-state index contributed by atoms with van der Waals surface area (Å²) in [6.07, 6.45) is 1.74. The number of hydrogen-bond donors (Lipinski definition) is 2. The van der Waals surface area contributed by atoms with Crippen LogP contribution in [0.15, 0.2) is 30.3 Å². The van der Waals surface area contributed by atoms with Crippen molar-refractivity contribution in [2.45, 2.75) is 52.1 Å². The Morgan fingerprint density at radius 2 is 1.91 bits per heavy atom. The third kappa shape index (κ3) is 4.06. The minimum atomic E-state index is -0.317. The number of tetrazole rings is 1. The molecular formula is C16H24N6O. The molecule has 1 heterocycles. The highest BCUT2D eigenvalue weighted by atomic mass is 16.2. The standard InChI is InChI=1S/C16H24N6O/c1-5-16(4,6-2)18-15(23)17-12(3)14-19-20-21-22(14)13-10-8-7-9-11-13/h7-12H,5-6H2,1-4H3,(H2,17,18,23)/t12-/m1/s1. The molecule has 0 radical (unpaired) electrons. The van der Waals surface area contributed by atoms with Gasteiger partial charge in [-0.1, -0.05) is 32.0 Å². The van der Waals surface area contributed by atoms with E-state index in [-0.39, 0.29) is 17.6 Å². The molecule has 1 aromatic heterocycles. The topological polar surface area (TPSA) is 84.7 Å². The van der Waals surface area contributed by atoms with Gasteiger partial charge in [-0.15, -0.1) is 5.10 Å². The summed E-state index contributed by atoms with van der Waals surface area (Å²) in [4.78, 5) is 12.2.